The molecule has 27 heavy (non-hydrogen) atoms. The van der Waals surface area contributed by atoms with Gasteiger partial charge in [0.2, 0.25) is 0 Å². The molecule has 0 fully saturated rings. The highest BCUT2D eigenvalue weighted by molar-refractivity contribution is 9.10. The number of carbonyl (C=O) groups excluding carboxylic acids is 1. The lowest BCUT2D eigenvalue weighted by Crippen LogP contribution is -2.25. The van der Waals surface area contributed by atoms with Crippen molar-refractivity contribution in [3.63, 3.8) is 0 Å². The van der Waals surface area contributed by atoms with E-state index >= 15 is 0 Å². The van der Waals surface area contributed by atoms with Crippen molar-refractivity contribution in [2.45, 2.75) is 6.42 Å². The summed E-state index contributed by atoms with van der Waals surface area (Å²) in [6.07, 6.45) is 1.90. The number of carbonyl (C=O) groups is 1. The predicted molar refractivity (Wildman–Crippen MR) is 109 cm³/mol. The number of H-pyrrole nitrogens is 1. The highest BCUT2D eigenvalue weighted by Gasteiger charge is 2.20. The molecule has 4 N–H and O–H groups in total. The first-order chi connectivity index (χ1) is 13.0. The quantitative estimate of drug-likeness (QED) is 0.300. The Morgan fingerprint density at radius 3 is 2.89 bits per heavy atom. The number of aliphatic hydroxyl groups is 1. The van der Waals surface area contributed by atoms with E-state index in [1.165, 1.54) is 6.33 Å². The van der Waals surface area contributed by atoms with Crippen molar-refractivity contribution in [3.05, 3.63) is 50.7 Å². The standard InChI is InChI=1S/C17H15BrCl2N4O3/c18-9-2-3-12(11(19)6-9)23-15-10(17(26)24-27-5-1-4-25)7-13-16(14(15)20)22-8-21-13/h2-3,6-8,23,25H,1,4-5H2,(H,21,22)(H,24,26). The zero-order valence-electron chi connectivity index (χ0n) is 13.9. The van der Waals surface area contributed by atoms with Gasteiger partial charge in [-0.3, -0.25) is 9.63 Å². The summed E-state index contributed by atoms with van der Waals surface area (Å²) in [7, 11) is 0. The van der Waals surface area contributed by atoms with Crippen molar-refractivity contribution in [3.8, 4) is 0 Å². The number of aromatic nitrogens is 2. The van der Waals surface area contributed by atoms with E-state index in [1.54, 1.807) is 18.2 Å². The zero-order valence-corrected chi connectivity index (χ0v) is 17.0. The summed E-state index contributed by atoms with van der Waals surface area (Å²) in [6.45, 7) is 0.153. The summed E-state index contributed by atoms with van der Waals surface area (Å²) in [5.74, 6) is -0.498. The number of nitrogens with one attached hydrogen (secondary N) is 3. The molecule has 0 spiro atoms. The molecule has 0 radical (unpaired) electrons. The van der Waals surface area contributed by atoms with Gasteiger partial charge in [-0.1, -0.05) is 39.1 Å². The van der Waals surface area contributed by atoms with E-state index in [9.17, 15) is 4.79 Å². The zero-order chi connectivity index (χ0) is 19.4. The number of imidazole rings is 1. The van der Waals surface area contributed by atoms with Crippen molar-refractivity contribution in [1.82, 2.24) is 15.4 Å². The Morgan fingerprint density at radius 2 is 2.15 bits per heavy atom. The van der Waals surface area contributed by atoms with Crippen molar-refractivity contribution >= 4 is 67.4 Å². The molecule has 1 amide bonds. The van der Waals surface area contributed by atoms with Gasteiger partial charge in [-0.15, -0.1) is 0 Å². The highest BCUT2D eigenvalue weighted by Crippen LogP contribution is 2.37. The number of hydrogen-bond acceptors (Lipinski definition) is 5. The molecule has 0 saturated carbocycles. The lowest BCUT2D eigenvalue weighted by Gasteiger charge is -2.15. The van der Waals surface area contributed by atoms with Gasteiger partial charge in [0.1, 0.15) is 5.52 Å². The van der Waals surface area contributed by atoms with Crippen molar-refractivity contribution in [2.75, 3.05) is 18.5 Å². The van der Waals surface area contributed by atoms with Crippen LogP contribution in [0.5, 0.6) is 0 Å². The number of hydroxylamine groups is 1. The van der Waals surface area contributed by atoms with Crippen LogP contribution in [0.2, 0.25) is 10.0 Å². The van der Waals surface area contributed by atoms with Crippen molar-refractivity contribution in [2.24, 2.45) is 0 Å². The van der Waals surface area contributed by atoms with Crippen molar-refractivity contribution < 1.29 is 14.7 Å². The maximum Gasteiger partial charge on any atom is 0.277 e. The van der Waals surface area contributed by atoms with Crippen LogP contribution >= 0.6 is 39.1 Å². The molecule has 0 bridgehead atoms. The number of benzene rings is 2. The number of anilines is 2. The molecule has 10 heteroatoms. The molecule has 0 saturated heterocycles. The van der Waals surface area contributed by atoms with Gasteiger partial charge in [0.15, 0.2) is 0 Å². The molecule has 2 aromatic carbocycles. The summed E-state index contributed by atoms with van der Waals surface area (Å²) in [5, 5.41) is 12.6. The highest BCUT2D eigenvalue weighted by atomic mass is 79.9. The lowest BCUT2D eigenvalue weighted by molar-refractivity contribution is 0.0262. The maximum atomic E-state index is 12.6. The van der Waals surface area contributed by atoms with E-state index in [0.29, 0.717) is 33.9 Å². The number of halogens is 3. The van der Waals surface area contributed by atoms with Gasteiger partial charge in [0.25, 0.3) is 5.91 Å². The second-order valence-electron chi connectivity index (χ2n) is 5.52. The molecule has 0 atom stereocenters. The van der Waals surface area contributed by atoms with Crippen LogP contribution < -0.4 is 10.8 Å². The SMILES string of the molecule is O=C(NOCCCO)c1cc2[nH]cnc2c(Cl)c1Nc1ccc(Br)cc1Cl. The number of aromatic amines is 1. The Balaban J connectivity index is 1.98. The third kappa shape index (κ3) is 4.53. The van der Waals surface area contributed by atoms with Crippen LogP contribution in [0.3, 0.4) is 0 Å². The summed E-state index contributed by atoms with van der Waals surface area (Å²) in [6, 6.07) is 6.92. The van der Waals surface area contributed by atoms with Gasteiger partial charge in [-0.2, -0.15) is 0 Å². The molecule has 3 aromatic rings. The van der Waals surface area contributed by atoms with Gasteiger partial charge >= 0.3 is 0 Å². The first-order valence-electron chi connectivity index (χ1n) is 7.92. The summed E-state index contributed by atoms with van der Waals surface area (Å²) >= 11 is 16.1. The number of fused-ring (bicyclic) bond motifs is 1. The second kappa shape index (κ2) is 8.90. The summed E-state index contributed by atoms with van der Waals surface area (Å²) in [5.41, 5.74) is 4.64. The fraction of sp³-hybridized carbons (Fsp3) is 0.176. The molecule has 0 unspecified atom stereocenters. The van der Waals surface area contributed by atoms with Crippen LogP contribution in [-0.4, -0.2) is 34.2 Å². The average Bonchev–Trinajstić information content (AvgIpc) is 3.11. The molecule has 0 aliphatic heterocycles. The maximum absolute atomic E-state index is 12.6. The molecule has 1 aromatic heterocycles. The lowest BCUT2D eigenvalue weighted by atomic mass is 10.1. The molecular weight excluding hydrogens is 459 g/mol. The summed E-state index contributed by atoms with van der Waals surface area (Å²) < 4.78 is 0.821. The molecule has 1 heterocycles. The van der Waals surface area contributed by atoms with Crippen LogP contribution in [0.1, 0.15) is 16.8 Å². The van der Waals surface area contributed by atoms with Gasteiger partial charge in [-0.25, -0.2) is 10.5 Å². The third-order valence-electron chi connectivity index (χ3n) is 3.66. The van der Waals surface area contributed by atoms with Crippen molar-refractivity contribution in [1.29, 1.82) is 0 Å². The Kier molecular flexibility index (Phi) is 6.56. The Bertz CT molecular complexity index is 980. The topological polar surface area (TPSA) is 99.3 Å². The second-order valence-corrected chi connectivity index (χ2v) is 7.22. The minimum atomic E-state index is -0.498. The molecule has 0 aliphatic carbocycles. The monoisotopic (exact) mass is 472 g/mol. The minimum absolute atomic E-state index is 0.0311. The molecule has 142 valence electrons. The van der Waals surface area contributed by atoms with Gasteiger partial charge in [-0.05, 0) is 30.7 Å². The predicted octanol–water partition coefficient (Wildman–Crippen LogP) is 4.42. The van der Waals surface area contributed by atoms with Gasteiger partial charge in [0.05, 0.1) is 45.4 Å². The van der Waals surface area contributed by atoms with Crippen LogP contribution in [0.25, 0.3) is 11.0 Å². The Morgan fingerprint density at radius 1 is 1.33 bits per heavy atom. The molecule has 0 aliphatic rings. The molecule has 3 rings (SSSR count). The minimum Gasteiger partial charge on any atom is -0.396 e. The molecular formula is C17H15BrCl2N4O3. The third-order valence-corrected chi connectivity index (χ3v) is 4.83. The molecule has 7 nitrogen and oxygen atoms in total. The number of hydrogen-bond donors (Lipinski definition) is 4. The van der Waals surface area contributed by atoms with E-state index in [0.717, 1.165) is 4.47 Å². The van der Waals surface area contributed by atoms with E-state index in [1.807, 2.05) is 6.07 Å². The average molecular weight is 474 g/mol. The van der Waals surface area contributed by atoms with E-state index < -0.39 is 5.91 Å². The first kappa shape index (κ1) is 19.9. The fourth-order valence-electron chi connectivity index (χ4n) is 2.38. The first-order valence-corrected chi connectivity index (χ1v) is 9.46. The smallest absolute Gasteiger partial charge is 0.277 e. The van der Waals surface area contributed by atoms with Crippen LogP contribution in [0, 0.1) is 0 Å². The number of amides is 1. The largest absolute Gasteiger partial charge is 0.396 e. The van der Waals surface area contributed by atoms with E-state index in [2.05, 4.69) is 36.7 Å². The van der Waals surface area contributed by atoms with Crippen LogP contribution in [-0.2, 0) is 4.84 Å². The van der Waals surface area contributed by atoms with Gasteiger partial charge in [0, 0.05) is 11.1 Å². The summed E-state index contributed by atoms with van der Waals surface area (Å²) in [4.78, 5) is 24.8. The fourth-order valence-corrected chi connectivity index (χ4v) is 3.40. The Labute approximate surface area is 173 Å². The van der Waals surface area contributed by atoms with E-state index in [4.69, 9.17) is 33.1 Å². The van der Waals surface area contributed by atoms with Crippen LogP contribution in [0.4, 0.5) is 11.4 Å². The normalized spacial score (nSPS) is 11.0. The Hall–Kier alpha value is -1.84. The van der Waals surface area contributed by atoms with Gasteiger partial charge < -0.3 is 15.4 Å². The number of rotatable bonds is 7. The van der Waals surface area contributed by atoms with Crippen LogP contribution in [0.15, 0.2) is 35.1 Å². The van der Waals surface area contributed by atoms with E-state index in [-0.39, 0.29) is 23.8 Å². The number of aliphatic hydroxyl groups excluding tert-OH is 1. The number of nitrogens with zero attached hydrogens (tertiary/aromatic N) is 1.